The van der Waals surface area contributed by atoms with E-state index in [1.54, 1.807) is 25.4 Å². The summed E-state index contributed by atoms with van der Waals surface area (Å²) in [5.41, 5.74) is 1.79. The van der Waals surface area contributed by atoms with Crippen molar-refractivity contribution in [1.29, 1.82) is 0 Å². The van der Waals surface area contributed by atoms with Gasteiger partial charge in [0, 0.05) is 49.0 Å². The van der Waals surface area contributed by atoms with Crippen LogP contribution in [0.15, 0.2) is 72.9 Å². The van der Waals surface area contributed by atoms with Crippen molar-refractivity contribution < 1.29 is 28.2 Å². The fourth-order valence-corrected chi connectivity index (χ4v) is 6.51. The molecule has 2 fully saturated rings. The molecular formula is C35H37FN4O5. The zero-order valence-corrected chi connectivity index (χ0v) is 25.4. The van der Waals surface area contributed by atoms with E-state index in [0.717, 1.165) is 36.6 Å². The number of benzene rings is 3. The molecule has 0 bridgehead atoms. The smallest absolute Gasteiger partial charge is 0.313 e. The number of fused-ring (bicyclic) bond motifs is 2. The Balaban J connectivity index is 1.08. The van der Waals surface area contributed by atoms with Crippen molar-refractivity contribution >= 4 is 28.4 Å². The van der Waals surface area contributed by atoms with E-state index in [9.17, 15) is 9.59 Å². The highest BCUT2D eigenvalue weighted by Gasteiger charge is 2.39. The van der Waals surface area contributed by atoms with E-state index in [1.807, 2.05) is 36.4 Å². The van der Waals surface area contributed by atoms with Crippen LogP contribution in [-0.4, -0.2) is 62.1 Å². The number of nitrogens with one attached hydrogen (secondary N) is 2. The molecule has 234 valence electrons. The largest absolute Gasteiger partial charge is 0.493 e. The summed E-state index contributed by atoms with van der Waals surface area (Å²) in [7, 11) is 3.77. The van der Waals surface area contributed by atoms with Crippen LogP contribution in [0.3, 0.4) is 0 Å². The van der Waals surface area contributed by atoms with Crippen LogP contribution >= 0.6 is 0 Å². The highest BCUT2D eigenvalue weighted by molar-refractivity contribution is 6.39. The van der Waals surface area contributed by atoms with Crippen LogP contribution in [0, 0.1) is 23.6 Å². The Bertz CT molecular complexity index is 1670. The van der Waals surface area contributed by atoms with Crippen LogP contribution in [0.4, 0.5) is 10.1 Å². The molecule has 6 rings (SSSR count). The number of hydrogen-bond acceptors (Lipinski definition) is 7. The molecule has 1 saturated carbocycles. The van der Waals surface area contributed by atoms with E-state index >= 15 is 4.39 Å². The summed E-state index contributed by atoms with van der Waals surface area (Å²) < 4.78 is 32.9. The zero-order valence-electron chi connectivity index (χ0n) is 25.4. The molecule has 1 aliphatic carbocycles. The van der Waals surface area contributed by atoms with Gasteiger partial charge in [0.05, 0.1) is 19.2 Å². The maximum atomic E-state index is 15.1. The van der Waals surface area contributed by atoms with Crippen molar-refractivity contribution in [3.63, 3.8) is 0 Å². The summed E-state index contributed by atoms with van der Waals surface area (Å²) >= 11 is 0. The standard InChI is InChI=1S/C35H37FN4O5/c1-40-19-24-14-23(15-25(24)20-40)21-44-33-18-29-27(17-32(33)43-2)30(11-13-37-29)45-31-9-8-26(16-28(31)36)39-35(42)34(41)38-12-10-22-6-4-3-5-7-22/h3-9,11,13,16-18,23-25H,10,12,14-15,19-21H2,1-2H3,(H,38,41)(H,39,42). The monoisotopic (exact) mass is 612 g/mol. The molecule has 2 heterocycles. The van der Waals surface area contributed by atoms with E-state index in [0.29, 0.717) is 53.6 Å². The summed E-state index contributed by atoms with van der Waals surface area (Å²) in [5.74, 6) is 1.11. The molecule has 1 aliphatic heterocycles. The molecule has 1 saturated heterocycles. The lowest BCUT2D eigenvalue weighted by Crippen LogP contribution is -2.36. The summed E-state index contributed by atoms with van der Waals surface area (Å²) in [6.45, 7) is 3.25. The van der Waals surface area contributed by atoms with Gasteiger partial charge in [-0.2, -0.15) is 0 Å². The second-order valence-electron chi connectivity index (χ2n) is 11.9. The first-order valence-electron chi connectivity index (χ1n) is 15.2. The van der Waals surface area contributed by atoms with Crippen molar-refractivity contribution in [2.75, 3.05) is 45.7 Å². The Morgan fingerprint density at radius 1 is 0.933 bits per heavy atom. The van der Waals surface area contributed by atoms with Crippen molar-refractivity contribution in [2.45, 2.75) is 19.3 Å². The fraction of sp³-hybridized carbons (Fsp3) is 0.343. The SMILES string of the molecule is COc1cc2c(Oc3ccc(NC(=O)C(=O)NCCc4ccccc4)cc3F)ccnc2cc1OCC1CC2CN(C)CC2C1. The number of carbonyl (C=O) groups excluding carboxylic acids is 2. The van der Waals surface area contributed by atoms with E-state index in [1.165, 1.54) is 25.0 Å². The van der Waals surface area contributed by atoms with Crippen LogP contribution in [0.1, 0.15) is 18.4 Å². The van der Waals surface area contributed by atoms with Gasteiger partial charge >= 0.3 is 11.8 Å². The summed E-state index contributed by atoms with van der Waals surface area (Å²) in [5, 5.41) is 5.63. The molecule has 10 heteroatoms. The lowest BCUT2D eigenvalue weighted by Gasteiger charge is -2.18. The quantitative estimate of drug-likeness (QED) is 0.230. The third-order valence-electron chi connectivity index (χ3n) is 8.65. The first-order chi connectivity index (χ1) is 21.9. The molecule has 1 aromatic heterocycles. The molecule has 9 nitrogen and oxygen atoms in total. The van der Waals surface area contributed by atoms with E-state index < -0.39 is 17.6 Å². The highest BCUT2D eigenvalue weighted by Crippen LogP contribution is 2.42. The Labute approximate surface area is 261 Å². The summed E-state index contributed by atoms with van der Waals surface area (Å²) in [6, 6.07) is 18.8. The normalized spacial score (nSPS) is 19.2. The number of hydrogen-bond donors (Lipinski definition) is 2. The number of likely N-dealkylation sites (tertiary alicyclic amines) is 1. The number of carbonyl (C=O) groups is 2. The highest BCUT2D eigenvalue weighted by atomic mass is 19.1. The minimum absolute atomic E-state index is 0.0514. The number of amides is 2. The van der Waals surface area contributed by atoms with Crippen LogP contribution in [0.5, 0.6) is 23.0 Å². The van der Waals surface area contributed by atoms with Crippen molar-refractivity contribution in [3.8, 4) is 23.0 Å². The second-order valence-corrected chi connectivity index (χ2v) is 11.9. The number of ether oxygens (including phenoxy) is 3. The Hall–Kier alpha value is -4.70. The number of aromatic nitrogens is 1. The topological polar surface area (TPSA) is 102 Å². The molecule has 4 aromatic rings. The Kier molecular flexibility index (Phi) is 9.11. The maximum Gasteiger partial charge on any atom is 0.313 e. The average molecular weight is 613 g/mol. The number of nitrogens with zero attached hydrogens (tertiary/aromatic N) is 2. The minimum atomic E-state index is -0.884. The van der Waals surface area contributed by atoms with Gasteiger partial charge in [0.15, 0.2) is 23.1 Å². The molecule has 2 unspecified atom stereocenters. The van der Waals surface area contributed by atoms with Crippen LogP contribution in [0.2, 0.25) is 0 Å². The van der Waals surface area contributed by atoms with Crippen LogP contribution in [0.25, 0.3) is 10.9 Å². The molecule has 2 atom stereocenters. The Morgan fingerprint density at radius 3 is 2.44 bits per heavy atom. The van der Waals surface area contributed by atoms with Crippen molar-refractivity contribution in [3.05, 3.63) is 84.3 Å². The lowest BCUT2D eigenvalue weighted by molar-refractivity contribution is -0.136. The fourth-order valence-electron chi connectivity index (χ4n) is 6.51. The van der Waals surface area contributed by atoms with Gasteiger partial charge in [0.1, 0.15) is 5.75 Å². The predicted octanol–water partition coefficient (Wildman–Crippen LogP) is 5.44. The van der Waals surface area contributed by atoms with Gasteiger partial charge < -0.3 is 29.7 Å². The first-order valence-corrected chi connectivity index (χ1v) is 15.2. The number of anilines is 1. The average Bonchev–Trinajstić information content (AvgIpc) is 3.58. The number of rotatable bonds is 10. The van der Waals surface area contributed by atoms with Gasteiger partial charge in [-0.25, -0.2) is 4.39 Å². The number of methoxy groups -OCH3 is 1. The molecule has 2 N–H and O–H groups in total. The van der Waals surface area contributed by atoms with Gasteiger partial charge in [-0.15, -0.1) is 0 Å². The van der Waals surface area contributed by atoms with Crippen LogP contribution < -0.4 is 24.8 Å². The molecule has 2 aliphatic rings. The van der Waals surface area contributed by atoms with Crippen molar-refractivity contribution in [2.24, 2.45) is 17.8 Å². The molecule has 2 amide bonds. The van der Waals surface area contributed by atoms with E-state index in [-0.39, 0.29) is 11.4 Å². The summed E-state index contributed by atoms with van der Waals surface area (Å²) in [4.78, 5) is 31.5. The van der Waals surface area contributed by atoms with Crippen LogP contribution in [-0.2, 0) is 16.0 Å². The lowest BCUT2D eigenvalue weighted by atomic mass is 10.0. The second kappa shape index (κ2) is 13.5. The summed E-state index contributed by atoms with van der Waals surface area (Å²) in [6.07, 6.45) is 4.53. The van der Waals surface area contributed by atoms with Gasteiger partial charge in [-0.05, 0) is 73.9 Å². The van der Waals surface area contributed by atoms with Crippen molar-refractivity contribution in [1.82, 2.24) is 15.2 Å². The van der Waals surface area contributed by atoms with Gasteiger partial charge in [-0.1, -0.05) is 30.3 Å². The molecule has 0 spiro atoms. The molecule has 3 aromatic carbocycles. The van der Waals surface area contributed by atoms with Gasteiger partial charge in [-0.3, -0.25) is 14.6 Å². The Morgan fingerprint density at radius 2 is 1.71 bits per heavy atom. The maximum absolute atomic E-state index is 15.1. The molecule has 0 radical (unpaired) electrons. The third-order valence-corrected chi connectivity index (χ3v) is 8.65. The first kappa shape index (κ1) is 30.3. The van der Waals surface area contributed by atoms with Gasteiger partial charge in [0.25, 0.3) is 0 Å². The zero-order chi connectivity index (χ0) is 31.3. The predicted molar refractivity (Wildman–Crippen MR) is 169 cm³/mol. The third kappa shape index (κ3) is 7.17. The van der Waals surface area contributed by atoms with Gasteiger partial charge in [0.2, 0.25) is 0 Å². The molecule has 45 heavy (non-hydrogen) atoms. The van der Waals surface area contributed by atoms with E-state index in [2.05, 4.69) is 27.6 Å². The number of halogens is 1. The minimum Gasteiger partial charge on any atom is -0.493 e. The van der Waals surface area contributed by atoms with E-state index in [4.69, 9.17) is 14.2 Å². The molecular weight excluding hydrogens is 575 g/mol. The number of pyridine rings is 1.